The molecule has 3 nitrogen and oxygen atoms in total. The summed E-state index contributed by atoms with van der Waals surface area (Å²) >= 11 is 3.23. The van der Waals surface area contributed by atoms with Crippen molar-refractivity contribution in [2.24, 2.45) is 0 Å². The molecule has 7 heteroatoms. The number of benzene rings is 1. The smallest absolute Gasteiger partial charge is 0.416 e. The maximum Gasteiger partial charge on any atom is 0.416 e. The molecule has 21 heavy (non-hydrogen) atoms. The number of alkyl halides is 3. The van der Waals surface area contributed by atoms with Gasteiger partial charge in [0, 0.05) is 17.1 Å². The lowest BCUT2D eigenvalue weighted by Crippen LogP contribution is -2.15. The molecule has 1 fully saturated rings. The van der Waals surface area contributed by atoms with Crippen LogP contribution in [0.1, 0.15) is 24.1 Å². The van der Waals surface area contributed by atoms with Crippen LogP contribution >= 0.6 is 15.9 Å². The molecule has 1 aliphatic carbocycles. The van der Waals surface area contributed by atoms with Crippen LogP contribution in [-0.4, -0.2) is 11.0 Å². The number of halogens is 4. The van der Waals surface area contributed by atoms with Crippen molar-refractivity contribution in [1.29, 1.82) is 0 Å². The Bertz CT molecular complexity index is 650. The topological polar surface area (TPSA) is 38.1 Å². The average Bonchev–Trinajstić information content (AvgIpc) is 3.13. The molecule has 0 amide bonds. The fraction of sp³-hybridized carbons (Fsp3) is 0.357. The summed E-state index contributed by atoms with van der Waals surface area (Å²) in [6.07, 6.45) is -0.608. The summed E-state index contributed by atoms with van der Waals surface area (Å²) in [7, 11) is 0. The summed E-state index contributed by atoms with van der Waals surface area (Å²) in [4.78, 5) is 4.24. The van der Waals surface area contributed by atoms with Gasteiger partial charge in [0.25, 0.3) is 0 Å². The summed E-state index contributed by atoms with van der Waals surface area (Å²) < 4.78 is 44.1. The van der Waals surface area contributed by atoms with Crippen LogP contribution in [-0.2, 0) is 12.7 Å². The van der Waals surface area contributed by atoms with E-state index in [1.165, 1.54) is 12.3 Å². The Morgan fingerprint density at radius 3 is 2.76 bits per heavy atom. The van der Waals surface area contributed by atoms with E-state index in [-0.39, 0.29) is 5.89 Å². The van der Waals surface area contributed by atoms with Gasteiger partial charge >= 0.3 is 6.18 Å². The molecule has 0 unspecified atom stereocenters. The fourth-order valence-electron chi connectivity index (χ4n) is 1.91. The van der Waals surface area contributed by atoms with Crippen molar-refractivity contribution in [3.63, 3.8) is 0 Å². The van der Waals surface area contributed by atoms with Gasteiger partial charge in [-0.2, -0.15) is 13.2 Å². The zero-order valence-electron chi connectivity index (χ0n) is 10.9. The van der Waals surface area contributed by atoms with Crippen molar-refractivity contribution in [2.75, 3.05) is 0 Å². The van der Waals surface area contributed by atoms with Gasteiger partial charge < -0.3 is 9.73 Å². The lowest BCUT2D eigenvalue weighted by molar-refractivity contribution is -0.137. The van der Waals surface area contributed by atoms with Crippen LogP contribution in [0.2, 0.25) is 0 Å². The molecule has 112 valence electrons. The van der Waals surface area contributed by atoms with Crippen molar-refractivity contribution in [2.45, 2.75) is 31.6 Å². The van der Waals surface area contributed by atoms with Gasteiger partial charge in [-0.1, -0.05) is 0 Å². The number of aromatic nitrogens is 1. The molecule has 1 aromatic heterocycles. The second kappa shape index (κ2) is 5.46. The highest BCUT2D eigenvalue weighted by molar-refractivity contribution is 9.10. The van der Waals surface area contributed by atoms with E-state index < -0.39 is 11.7 Å². The normalized spacial score (nSPS) is 15.4. The highest BCUT2D eigenvalue weighted by Gasteiger charge is 2.31. The lowest BCUT2D eigenvalue weighted by Gasteiger charge is -2.08. The molecule has 1 aromatic carbocycles. The summed E-state index contributed by atoms with van der Waals surface area (Å²) in [6.45, 7) is 0.560. The number of nitrogens with one attached hydrogen (secondary N) is 1. The first kappa shape index (κ1) is 14.6. The van der Waals surface area contributed by atoms with Gasteiger partial charge in [-0.15, -0.1) is 0 Å². The fourth-order valence-corrected chi connectivity index (χ4v) is 2.33. The minimum atomic E-state index is -4.39. The lowest BCUT2D eigenvalue weighted by atomic mass is 10.1. The Labute approximate surface area is 127 Å². The van der Waals surface area contributed by atoms with Gasteiger partial charge in [0.2, 0.25) is 5.89 Å². The van der Waals surface area contributed by atoms with Crippen LogP contribution in [0, 0.1) is 0 Å². The van der Waals surface area contributed by atoms with E-state index in [1.54, 1.807) is 0 Å². The maximum atomic E-state index is 12.8. The number of hydrogen-bond donors (Lipinski definition) is 1. The molecule has 0 aliphatic heterocycles. The highest BCUT2D eigenvalue weighted by Crippen LogP contribution is 2.35. The Morgan fingerprint density at radius 2 is 2.10 bits per heavy atom. The van der Waals surface area contributed by atoms with E-state index in [2.05, 4.69) is 26.2 Å². The first-order valence-electron chi connectivity index (χ1n) is 6.48. The van der Waals surface area contributed by atoms with Crippen molar-refractivity contribution < 1.29 is 17.6 Å². The van der Waals surface area contributed by atoms with Gasteiger partial charge in [-0.25, -0.2) is 4.98 Å². The van der Waals surface area contributed by atoms with Crippen LogP contribution in [0.25, 0.3) is 11.5 Å². The van der Waals surface area contributed by atoms with E-state index >= 15 is 0 Å². The van der Waals surface area contributed by atoms with E-state index in [0.717, 1.165) is 25.0 Å². The van der Waals surface area contributed by atoms with Crippen molar-refractivity contribution in [3.8, 4) is 11.5 Å². The second-order valence-corrected chi connectivity index (χ2v) is 5.85. The van der Waals surface area contributed by atoms with E-state index in [1.807, 2.05) is 0 Å². The molecular weight excluding hydrogens is 349 g/mol. The molecule has 1 aliphatic rings. The molecule has 0 atom stereocenters. The Balaban J connectivity index is 1.84. The predicted octanol–water partition coefficient (Wildman–Crippen LogP) is 4.37. The first-order valence-corrected chi connectivity index (χ1v) is 7.27. The quantitative estimate of drug-likeness (QED) is 0.879. The van der Waals surface area contributed by atoms with E-state index in [9.17, 15) is 13.2 Å². The third kappa shape index (κ3) is 3.47. The van der Waals surface area contributed by atoms with Gasteiger partial charge in [0.1, 0.15) is 6.26 Å². The molecule has 1 heterocycles. The number of oxazole rings is 1. The third-order valence-electron chi connectivity index (χ3n) is 3.23. The van der Waals surface area contributed by atoms with Gasteiger partial charge in [-0.05, 0) is 47.0 Å². The Morgan fingerprint density at radius 1 is 1.33 bits per heavy atom. The Hall–Kier alpha value is -1.34. The molecule has 2 aromatic rings. The van der Waals surface area contributed by atoms with Crippen molar-refractivity contribution in [3.05, 3.63) is 40.2 Å². The first-order chi connectivity index (χ1) is 9.93. The SMILES string of the molecule is FC(F)(F)c1ccc(Br)c(-c2nc(CNC3CC3)co2)c1. The van der Waals surface area contributed by atoms with Crippen LogP contribution in [0.5, 0.6) is 0 Å². The zero-order valence-corrected chi connectivity index (χ0v) is 12.5. The molecule has 1 saturated carbocycles. The van der Waals surface area contributed by atoms with Gasteiger partial charge in [-0.3, -0.25) is 0 Å². The van der Waals surface area contributed by atoms with E-state index in [0.29, 0.717) is 28.3 Å². The minimum absolute atomic E-state index is 0.181. The molecule has 0 saturated heterocycles. The zero-order chi connectivity index (χ0) is 15.0. The molecule has 3 rings (SSSR count). The molecule has 1 N–H and O–H groups in total. The molecule has 0 bridgehead atoms. The van der Waals surface area contributed by atoms with Crippen molar-refractivity contribution in [1.82, 2.24) is 10.3 Å². The molecule has 0 radical (unpaired) electrons. The monoisotopic (exact) mass is 360 g/mol. The van der Waals surface area contributed by atoms with Crippen LogP contribution in [0.4, 0.5) is 13.2 Å². The minimum Gasteiger partial charge on any atom is -0.444 e. The molecule has 0 spiro atoms. The van der Waals surface area contributed by atoms with Crippen molar-refractivity contribution >= 4 is 15.9 Å². The summed E-state index contributed by atoms with van der Waals surface area (Å²) in [5.74, 6) is 0.181. The second-order valence-electron chi connectivity index (χ2n) is 4.99. The summed E-state index contributed by atoms with van der Waals surface area (Å²) in [5.41, 5.74) is 0.250. The highest BCUT2D eigenvalue weighted by atomic mass is 79.9. The summed E-state index contributed by atoms with van der Waals surface area (Å²) in [5, 5.41) is 3.27. The largest absolute Gasteiger partial charge is 0.444 e. The Kier molecular flexibility index (Phi) is 3.79. The third-order valence-corrected chi connectivity index (χ3v) is 3.92. The van der Waals surface area contributed by atoms with E-state index in [4.69, 9.17) is 4.42 Å². The number of hydrogen-bond acceptors (Lipinski definition) is 3. The van der Waals surface area contributed by atoms with Crippen LogP contribution in [0.15, 0.2) is 33.4 Å². The van der Waals surface area contributed by atoms with Gasteiger partial charge in [0.15, 0.2) is 0 Å². The van der Waals surface area contributed by atoms with Crippen LogP contribution < -0.4 is 5.32 Å². The van der Waals surface area contributed by atoms with Crippen LogP contribution in [0.3, 0.4) is 0 Å². The summed E-state index contributed by atoms with van der Waals surface area (Å²) in [6, 6.07) is 3.94. The average molecular weight is 361 g/mol. The molecular formula is C14H12BrF3N2O. The van der Waals surface area contributed by atoms with Gasteiger partial charge in [0.05, 0.1) is 16.8 Å². The number of rotatable bonds is 4. The maximum absolute atomic E-state index is 12.8. The number of nitrogens with zero attached hydrogens (tertiary/aromatic N) is 1. The predicted molar refractivity (Wildman–Crippen MR) is 74.5 cm³/mol. The standard InChI is InChI=1S/C14H12BrF3N2O/c15-12-4-1-8(14(16,17)18)5-11(12)13-20-10(7-21-13)6-19-9-2-3-9/h1,4-5,7,9,19H,2-3,6H2.